The molecule has 3 rings (SSSR count). The highest BCUT2D eigenvalue weighted by atomic mass is 16.5. The van der Waals surface area contributed by atoms with Gasteiger partial charge in [0.1, 0.15) is 23.0 Å². The first-order valence-corrected chi connectivity index (χ1v) is 6.06. The molecule has 0 saturated carbocycles. The predicted octanol–water partition coefficient (Wildman–Crippen LogP) is 0.840. The molecule has 1 aliphatic rings. The van der Waals surface area contributed by atoms with E-state index in [2.05, 4.69) is 0 Å². The summed E-state index contributed by atoms with van der Waals surface area (Å²) in [6.45, 7) is 1.16. The van der Waals surface area contributed by atoms with Gasteiger partial charge >= 0.3 is 5.63 Å². The second-order valence-electron chi connectivity index (χ2n) is 5.08. The Morgan fingerprint density at radius 3 is 2.95 bits per heavy atom. The van der Waals surface area contributed by atoms with Crippen LogP contribution in [0.4, 0.5) is 0 Å². The predicted molar refractivity (Wildman–Crippen MR) is 68.3 cm³/mol. The van der Waals surface area contributed by atoms with Gasteiger partial charge in [0.15, 0.2) is 0 Å². The quantitative estimate of drug-likeness (QED) is 0.784. The van der Waals surface area contributed by atoms with Crippen LogP contribution in [-0.4, -0.2) is 28.5 Å². The largest absolute Gasteiger partial charge is 0.487 e. The maximum Gasteiger partial charge on any atom is 0.336 e. The summed E-state index contributed by atoms with van der Waals surface area (Å²) >= 11 is 0. The monoisotopic (exact) mass is 262 g/mol. The summed E-state index contributed by atoms with van der Waals surface area (Å²) in [4.78, 5) is 11.2. The van der Waals surface area contributed by atoms with Crippen LogP contribution in [0.1, 0.15) is 12.5 Å². The molecule has 2 atom stereocenters. The van der Waals surface area contributed by atoms with Crippen molar-refractivity contribution in [2.75, 3.05) is 6.61 Å². The Labute approximate surface area is 109 Å². The van der Waals surface area contributed by atoms with Gasteiger partial charge in [-0.25, -0.2) is 4.79 Å². The normalized spacial score (nSPS) is 20.9. The highest BCUT2D eigenvalue weighted by Crippen LogP contribution is 2.35. The van der Waals surface area contributed by atoms with Crippen molar-refractivity contribution in [2.45, 2.75) is 25.0 Å². The molecule has 1 aromatic carbocycles. The van der Waals surface area contributed by atoms with E-state index < -0.39 is 17.3 Å². The first-order valence-electron chi connectivity index (χ1n) is 6.06. The van der Waals surface area contributed by atoms with Crippen molar-refractivity contribution in [3.63, 3.8) is 0 Å². The molecule has 1 aromatic heterocycles. The fourth-order valence-corrected chi connectivity index (χ4v) is 2.26. The zero-order chi connectivity index (χ0) is 13.6. The van der Waals surface area contributed by atoms with Crippen molar-refractivity contribution in [1.82, 2.24) is 0 Å². The molecule has 5 nitrogen and oxygen atoms in total. The van der Waals surface area contributed by atoms with E-state index in [0.717, 1.165) is 10.9 Å². The smallest absolute Gasteiger partial charge is 0.336 e. The van der Waals surface area contributed by atoms with Gasteiger partial charge in [0.25, 0.3) is 0 Å². The van der Waals surface area contributed by atoms with Crippen molar-refractivity contribution in [2.24, 2.45) is 0 Å². The van der Waals surface area contributed by atoms with E-state index in [1.54, 1.807) is 12.1 Å². The molecule has 2 N–H and O–H groups in total. The number of rotatable bonds is 2. The fourth-order valence-electron chi connectivity index (χ4n) is 2.26. The Balaban J connectivity index is 2.04. The lowest BCUT2D eigenvalue weighted by Crippen LogP contribution is -2.45. The fraction of sp³-hybridized carbons (Fsp3) is 0.357. The molecule has 0 amide bonds. The van der Waals surface area contributed by atoms with E-state index in [1.807, 2.05) is 6.07 Å². The molecule has 19 heavy (non-hydrogen) atoms. The lowest BCUT2D eigenvalue weighted by atomic mass is 9.96. The minimum atomic E-state index is -1.30. The van der Waals surface area contributed by atoms with Crippen LogP contribution in [0.5, 0.6) is 5.75 Å². The average molecular weight is 262 g/mol. The van der Waals surface area contributed by atoms with Crippen molar-refractivity contribution in [3.05, 3.63) is 40.2 Å². The van der Waals surface area contributed by atoms with Crippen molar-refractivity contribution >= 4 is 11.0 Å². The summed E-state index contributed by atoms with van der Waals surface area (Å²) in [5.41, 5.74) is -0.327. The molecule has 0 saturated heterocycles. The third-order valence-electron chi connectivity index (χ3n) is 3.49. The SMILES string of the molecule is C[C@@](O)(CO)[C@@H]1Cc2cc3ccc(=O)oc3cc2O1. The Morgan fingerprint density at radius 1 is 1.42 bits per heavy atom. The average Bonchev–Trinajstić information content (AvgIpc) is 2.79. The van der Waals surface area contributed by atoms with Gasteiger partial charge in [-0.2, -0.15) is 0 Å². The zero-order valence-electron chi connectivity index (χ0n) is 10.4. The van der Waals surface area contributed by atoms with E-state index in [1.165, 1.54) is 13.0 Å². The molecule has 2 heterocycles. The molecule has 5 heteroatoms. The minimum absolute atomic E-state index is 0.375. The molecule has 2 aromatic rings. The number of hydrogen-bond acceptors (Lipinski definition) is 5. The van der Waals surface area contributed by atoms with Gasteiger partial charge in [0, 0.05) is 23.9 Å². The number of hydrogen-bond donors (Lipinski definition) is 2. The van der Waals surface area contributed by atoms with Gasteiger partial charge in [-0.1, -0.05) is 0 Å². The van der Waals surface area contributed by atoms with E-state index >= 15 is 0 Å². The van der Waals surface area contributed by atoms with Gasteiger partial charge in [0.2, 0.25) is 0 Å². The van der Waals surface area contributed by atoms with E-state index in [-0.39, 0.29) is 6.61 Å². The number of benzene rings is 1. The van der Waals surface area contributed by atoms with Gasteiger partial charge in [-0.05, 0) is 24.6 Å². The van der Waals surface area contributed by atoms with Crippen LogP contribution in [0.3, 0.4) is 0 Å². The summed E-state index contributed by atoms with van der Waals surface area (Å²) in [5, 5.41) is 20.0. The Bertz CT molecular complexity index is 686. The van der Waals surface area contributed by atoms with Gasteiger partial charge in [0.05, 0.1) is 6.61 Å². The van der Waals surface area contributed by atoms with Crippen LogP contribution in [0.25, 0.3) is 11.0 Å². The summed E-state index contributed by atoms with van der Waals surface area (Å²) < 4.78 is 10.7. The molecule has 1 aliphatic heterocycles. The Hall–Kier alpha value is -1.85. The molecule has 100 valence electrons. The van der Waals surface area contributed by atoms with Crippen molar-refractivity contribution < 1.29 is 19.4 Å². The first-order chi connectivity index (χ1) is 8.99. The number of aliphatic hydroxyl groups excluding tert-OH is 1. The lowest BCUT2D eigenvalue weighted by molar-refractivity contribution is -0.0729. The maximum atomic E-state index is 11.2. The molecule has 0 radical (unpaired) electrons. The Kier molecular flexibility index (Phi) is 2.62. The number of fused-ring (bicyclic) bond motifs is 2. The van der Waals surface area contributed by atoms with E-state index in [4.69, 9.17) is 14.3 Å². The van der Waals surface area contributed by atoms with Gasteiger partial charge < -0.3 is 19.4 Å². The number of ether oxygens (including phenoxy) is 1. The second-order valence-corrected chi connectivity index (χ2v) is 5.08. The molecular formula is C14H14O5. The molecule has 0 spiro atoms. The maximum absolute atomic E-state index is 11.2. The van der Waals surface area contributed by atoms with Gasteiger partial charge in [-0.15, -0.1) is 0 Å². The van der Waals surface area contributed by atoms with Crippen LogP contribution < -0.4 is 10.4 Å². The van der Waals surface area contributed by atoms with Crippen LogP contribution in [-0.2, 0) is 6.42 Å². The second kappa shape index (κ2) is 4.08. The molecule has 0 aliphatic carbocycles. The molecule has 0 fully saturated rings. The summed E-state index contributed by atoms with van der Waals surface area (Å²) in [5.74, 6) is 0.584. The molecular weight excluding hydrogens is 248 g/mol. The minimum Gasteiger partial charge on any atom is -0.487 e. The summed E-state index contributed by atoms with van der Waals surface area (Å²) in [6.07, 6.45) is 0.00819. The standard InChI is InChI=1S/C14H14O5/c1-14(17,7-15)12-5-9-4-8-2-3-13(16)19-10(8)6-11(9)18-12/h2-4,6,12,15,17H,5,7H2,1H3/t12-,14+/m0/s1. The summed E-state index contributed by atoms with van der Waals surface area (Å²) in [7, 11) is 0. The first kappa shape index (κ1) is 12.2. The van der Waals surface area contributed by atoms with Crippen LogP contribution in [0, 0.1) is 0 Å². The Morgan fingerprint density at radius 2 is 2.21 bits per heavy atom. The van der Waals surface area contributed by atoms with Gasteiger partial charge in [-0.3, -0.25) is 0 Å². The zero-order valence-corrected chi connectivity index (χ0v) is 10.4. The van der Waals surface area contributed by atoms with Crippen molar-refractivity contribution in [1.29, 1.82) is 0 Å². The highest BCUT2D eigenvalue weighted by Gasteiger charge is 2.38. The van der Waals surface area contributed by atoms with Crippen LogP contribution in [0.2, 0.25) is 0 Å². The third-order valence-corrected chi connectivity index (χ3v) is 3.49. The lowest BCUT2D eigenvalue weighted by Gasteiger charge is -2.26. The molecule has 0 bridgehead atoms. The van der Waals surface area contributed by atoms with Crippen molar-refractivity contribution in [3.8, 4) is 5.75 Å². The topological polar surface area (TPSA) is 79.9 Å². The van der Waals surface area contributed by atoms with Crippen LogP contribution >= 0.6 is 0 Å². The van der Waals surface area contributed by atoms with Crippen LogP contribution in [0.15, 0.2) is 33.5 Å². The van der Waals surface area contributed by atoms with E-state index in [0.29, 0.717) is 17.8 Å². The van der Waals surface area contributed by atoms with E-state index in [9.17, 15) is 9.90 Å². The molecule has 0 unspecified atom stereocenters. The summed E-state index contributed by atoms with van der Waals surface area (Å²) in [6, 6.07) is 6.59. The third kappa shape index (κ3) is 2.01. The number of aliphatic hydroxyl groups is 2. The highest BCUT2D eigenvalue weighted by molar-refractivity contribution is 5.79.